The first-order valence-corrected chi connectivity index (χ1v) is 7.20. The fraction of sp³-hybridized carbons (Fsp3) is 0.267. The van der Waals surface area contributed by atoms with Gasteiger partial charge in [0.15, 0.2) is 0 Å². The molecule has 1 aliphatic rings. The van der Waals surface area contributed by atoms with Crippen LogP contribution in [0.1, 0.15) is 23.7 Å². The average Bonchev–Trinajstić information content (AvgIpc) is 2.42. The van der Waals surface area contributed by atoms with Crippen LogP contribution in [0.2, 0.25) is 10.0 Å². The Hall–Kier alpha value is -1.45. The first kappa shape index (κ1) is 13.5. The fourth-order valence-corrected chi connectivity index (χ4v) is 2.96. The van der Waals surface area contributed by atoms with E-state index in [9.17, 15) is 0 Å². The van der Waals surface area contributed by atoms with Gasteiger partial charge in [-0.05, 0) is 31.2 Å². The van der Waals surface area contributed by atoms with E-state index in [2.05, 4.69) is 10.3 Å². The Balaban J connectivity index is 1.96. The second-order valence-corrected chi connectivity index (χ2v) is 5.62. The van der Waals surface area contributed by atoms with Gasteiger partial charge in [-0.15, -0.1) is 0 Å². The van der Waals surface area contributed by atoms with E-state index in [1.807, 2.05) is 25.1 Å². The summed E-state index contributed by atoms with van der Waals surface area (Å²) in [6.07, 6.45) is 2.64. The van der Waals surface area contributed by atoms with Crippen LogP contribution in [-0.4, -0.2) is 11.6 Å². The summed E-state index contributed by atoms with van der Waals surface area (Å²) in [5, 5.41) is 4.68. The van der Waals surface area contributed by atoms with Crippen LogP contribution >= 0.6 is 23.2 Å². The molecule has 0 fully saturated rings. The summed E-state index contributed by atoms with van der Waals surface area (Å²) in [5.74, 6) is 0.723. The lowest BCUT2D eigenvalue weighted by Gasteiger charge is -2.28. The van der Waals surface area contributed by atoms with Crippen molar-refractivity contribution < 1.29 is 4.74 Å². The van der Waals surface area contributed by atoms with Crippen LogP contribution < -0.4 is 10.1 Å². The summed E-state index contributed by atoms with van der Waals surface area (Å²) in [5.41, 5.74) is 2.98. The maximum atomic E-state index is 6.20. The van der Waals surface area contributed by atoms with Crippen LogP contribution in [0.25, 0.3) is 0 Å². The van der Waals surface area contributed by atoms with Crippen LogP contribution in [0.5, 0.6) is 5.75 Å². The monoisotopic (exact) mass is 308 g/mol. The Morgan fingerprint density at radius 3 is 3.00 bits per heavy atom. The van der Waals surface area contributed by atoms with Gasteiger partial charge in [0.25, 0.3) is 0 Å². The lowest BCUT2D eigenvalue weighted by molar-refractivity contribution is 0.274. The highest BCUT2D eigenvalue weighted by Crippen LogP contribution is 2.41. The molecule has 3 rings (SSSR count). The van der Waals surface area contributed by atoms with Crippen LogP contribution in [-0.2, 0) is 0 Å². The molecule has 0 saturated heterocycles. The molecule has 1 atom stereocenters. The van der Waals surface area contributed by atoms with Gasteiger partial charge >= 0.3 is 0 Å². The van der Waals surface area contributed by atoms with E-state index >= 15 is 0 Å². The number of ether oxygens (including phenoxy) is 1. The Morgan fingerprint density at radius 2 is 2.20 bits per heavy atom. The van der Waals surface area contributed by atoms with Crippen molar-refractivity contribution in [2.45, 2.75) is 19.4 Å². The standard InChI is InChI=1S/C15H14Cl2N2O/c1-9-13(3-2-5-18-9)19-14-4-6-20-15-11(14)7-10(16)8-12(15)17/h2-3,5,7-8,14,19H,4,6H2,1H3. The van der Waals surface area contributed by atoms with Crippen molar-refractivity contribution in [1.82, 2.24) is 4.98 Å². The predicted molar refractivity (Wildman–Crippen MR) is 81.9 cm³/mol. The zero-order chi connectivity index (χ0) is 14.1. The summed E-state index contributed by atoms with van der Waals surface area (Å²) in [6.45, 7) is 2.61. The number of pyridine rings is 1. The number of halogens is 2. The number of anilines is 1. The Bertz CT molecular complexity index is 646. The molecule has 3 nitrogen and oxygen atoms in total. The Kier molecular flexibility index (Phi) is 3.72. The Labute approximate surface area is 127 Å². The quantitative estimate of drug-likeness (QED) is 0.878. The van der Waals surface area contributed by atoms with Crippen LogP contribution in [0.3, 0.4) is 0 Å². The van der Waals surface area contributed by atoms with Crippen molar-refractivity contribution >= 4 is 28.9 Å². The summed E-state index contributed by atoms with van der Waals surface area (Å²) < 4.78 is 5.66. The third-order valence-corrected chi connectivity index (χ3v) is 3.90. The minimum absolute atomic E-state index is 0.123. The summed E-state index contributed by atoms with van der Waals surface area (Å²) in [7, 11) is 0. The molecule has 1 aromatic carbocycles. The number of hydrogen-bond acceptors (Lipinski definition) is 3. The zero-order valence-electron chi connectivity index (χ0n) is 11.0. The maximum absolute atomic E-state index is 6.20. The summed E-state index contributed by atoms with van der Waals surface area (Å²) in [4.78, 5) is 4.29. The van der Waals surface area contributed by atoms with Gasteiger partial charge in [0.2, 0.25) is 0 Å². The molecule has 0 spiro atoms. The van der Waals surface area contributed by atoms with Gasteiger partial charge in [-0.1, -0.05) is 23.2 Å². The first-order valence-electron chi connectivity index (χ1n) is 6.45. The van der Waals surface area contributed by atoms with Crippen molar-refractivity contribution in [3.63, 3.8) is 0 Å². The third-order valence-electron chi connectivity index (χ3n) is 3.40. The number of aryl methyl sites for hydroxylation is 1. The number of aromatic nitrogens is 1. The van der Waals surface area contributed by atoms with Crippen molar-refractivity contribution in [3.8, 4) is 5.75 Å². The number of rotatable bonds is 2. The Morgan fingerprint density at radius 1 is 1.35 bits per heavy atom. The van der Waals surface area contributed by atoms with Crippen molar-refractivity contribution in [2.24, 2.45) is 0 Å². The summed E-state index contributed by atoms with van der Waals surface area (Å²) >= 11 is 12.3. The highest BCUT2D eigenvalue weighted by atomic mass is 35.5. The zero-order valence-corrected chi connectivity index (χ0v) is 12.5. The minimum atomic E-state index is 0.123. The number of nitrogens with zero attached hydrogens (tertiary/aromatic N) is 1. The smallest absolute Gasteiger partial charge is 0.143 e. The first-order chi connectivity index (χ1) is 9.65. The molecule has 5 heteroatoms. The van der Waals surface area contributed by atoms with Crippen molar-refractivity contribution in [2.75, 3.05) is 11.9 Å². The van der Waals surface area contributed by atoms with Gasteiger partial charge in [-0.2, -0.15) is 0 Å². The third kappa shape index (κ3) is 2.56. The van der Waals surface area contributed by atoms with Crippen LogP contribution in [0.15, 0.2) is 30.5 Å². The second kappa shape index (κ2) is 5.51. The molecule has 20 heavy (non-hydrogen) atoms. The molecule has 104 valence electrons. The molecule has 0 amide bonds. The van der Waals surface area contributed by atoms with E-state index in [4.69, 9.17) is 27.9 Å². The molecule has 0 bridgehead atoms. The van der Waals surface area contributed by atoms with Gasteiger partial charge in [0.1, 0.15) is 5.75 Å². The van der Waals surface area contributed by atoms with E-state index < -0.39 is 0 Å². The van der Waals surface area contributed by atoms with Gasteiger partial charge in [0, 0.05) is 23.2 Å². The number of nitrogens with one attached hydrogen (secondary N) is 1. The van der Waals surface area contributed by atoms with Crippen LogP contribution in [0, 0.1) is 6.92 Å². The lowest BCUT2D eigenvalue weighted by Crippen LogP contribution is -2.21. The van der Waals surface area contributed by atoms with E-state index in [0.717, 1.165) is 29.1 Å². The van der Waals surface area contributed by atoms with E-state index in [1.54, 1.807) is 12.3 Å². The number of hydrogen-bond donors (Lipinski definition) is 1. The van der Waals surface area contributed by atoms with Crippen molar-refractivity contribution in [1.29, 1.82) is 0 Å². The molecular weight excluding hydrogens is 295 g/mol. The number of fused-ring (bicyclic) bond motifs is 1. The molecule has 2 heterocycles. The van der Waals surface area contributed by atoms with Crippen molar-refractivity contribution in [3.05, 3.63) is 51.8 Å². The minimum Gasteiger partial charge on any atom is -0.492 e. The molecule has 0 saturated carbocycles. The molecule has 1 aliphatic heterocycles. The molecule has 1 N–H and O–H groups in total. The van der Waals surface area contributed by atoms with Gasteiger partial charge in [0.05, 0.1) is 29.1 Å². The van der Waals surface area contributed by atoms with E-state index in [0.29, 0.717) is 16.7 Å². The largest absolute Gasteiger partial charge is 0.492 e. The average molecular weight is 309 g/mol. The second-order valence-electron chi connectivity index (χ2n) is 4.78. The highest BCUT2D eigenvalue weighted by Gasteiger charge is 2.24. The normalized spacial score (nSPS) is 17.2. The molecule has 1 aromatic heterocycles. The lowest BCUT2D eigenvalue weighted by atomic mass is 10.00. The predicted octanol–water partition coefficient (Wildman–Crippen LogP) is 4.63. The molecule has 2 aromatic rings. The van der Waals surface area contributed by atoms with E-state index in [1.165, 1.54) is 0 Å². The van der Waals surface area contributed by atoms with E-state index in [-0.39, 0.29) is 6.04 Å². The van der Waals surface area contributed by atoms with Gasteiger partial charge in [-0.25, -0.2) is 0 Å². The molecular formula is C15H14Cl2N2O. The molecule has 1 unspecified atom stereocenters. The maximum Gasteiger partial charge on any atom is 0.143 e. The topological polar surface area (TPSA) is 34.2 Å². The number of benzene rings is 1. The molecule has 0 aliphatic carbocycles. The van der Waals surface area contributed by atoms with Crippen LogP contribution in [0.4, 0.5) is 5.69 Å². The van der Waals surface area contributed by atoms with Gasteiger partial charge < -0.3 is 10.1 Å². The SMILES string of the molecule is Cc1ncccc1NC1CCOc2c(Cl)cc(Cl)cc21. The fourth-order valence-electron chi connectivity index (χ4n) is 2.40. The van der Waals surface area contributed by atoms with Gasteiger partial charge in [-0.3, -0.25) is 4.98 Å². The highest BCUT2D eigenvalue weighted by molar-refractivity contribution is 6.35. The summed E-state index contributed by atoms with van der Waals surface area (Å²) in [6, 6.07) is 7.67. The molecule has 0 radical (unpaired) electrons.